The molecule has 0 aromatic heterocycles. The van der Waals surface area contributed by atoms with Crippen molar-refractivity contribution < 1.29 is 14.3 Å². The van der Waals surface area contributed by atoms with Gasteiger partial charge in [-0.2, -0.15) is 0 Å². The summed E-state index contributed by atoms with van der Waals surface area (Å²) in [5, 5.41) is 0. The number of rotatable bonds is 6. The van der Waals surface area contributed by atoms with E-state index in [1.165, 1.54) is 24.8 Å². The zero-order chi connectivity index (χ0) is 18.3. The number of hydrogen-bond donors (Lipinski definition) is 0. The summed E-state index contributed by atoms with van der Waals surface area (Å²) < 4.78 is 10.3. The third-order valence-corrected chi connectivity index (χ3v) is 3.80. The molecule has 0 heterocycles. The Morgan fingerprint density at radius 1 is 0.880 bits per heavy atom. The van der Waals surface area contributed by atoms with Gasteiger partial charge in [0.25, 0.3) is 0 Å². The van der Waals surface area contributed by atoms with Gasteiger partial charge < -0.3 is 9.47 Å². The van der Waals surface area contributed by atoms with Gasteiger partial charge >= 0.3 is 6.16 Å². The predicted octanol–water partition coefficient (Wildman–Crippen LogP) is 6.40. The molecule has 0 aliphatic heterocycles. The first kappa shape index (κ1) is 19.0. The summed E-state index contributed by atoms with van der Waals surface area (Å²) in [4.78, 5) is 11.7. The molecule has 0 unspecified atom stereocenters. The molecule has 0 aliphatic rings. The number of unbranched alkanes of at least 4 members (excludes halogenated alkanes) is 2. The molecular weight excluding hydrogens is 312 g/mol. The predicted molar refractivity (Wildman–Crippen MR) is 102 cm³/mol. The van der Waals surface area contributed by atoms with Crippen LogP contribution in [0.4, 0.5) is 4.79 Å². The highest BCUT2D eigenvalue weighted by atomic mass is 16.7. The lowest BCUT2D eigenvalue weighted by Crippen LogP contribution is -2.25. The Morgan fingerprint density at radius 3 is 1.96 bits per heavy atom. The molecule has 0 atom stereocenters. The smallest absolute Gasteiger partial charge is 0.428 e. The Labute approximate surface area is 151 Å². The van der Waals surface area contributed by atoms with Crippen LogP contribution in [0.3, 0.4) is 0 Å². The molecule has 0 bridgehead atoms. The molecule has 0 radical (unpaired) electrons. The van der Waals surface area contributed by atoms with Crippen LogP contribution >= 0.6 is 0 Å². The SMILES string of the molecule is CCCCCc1ccc(-c2ccc(OC(=O)OC(C)(C)C)cc2)cc1. The minimum absolute atomic E-state index is 0.481. The molecule has 0 fully saturated rings. The van der Waals surface area contributed by atoms with Crippen molar-refractivity contribution >= 4 is 6.16 Å². The lowest BCUT2D eigenvalue weighted by atomic mass is 10.0. The highest BCUT2D eigenvalue weighted by Gasteiger charge is 2.17. The largest absolute Gasteiger partial charge is 0.514 e. The molecule has 25 heavy (non-hydrogen) atoms. The fourth-order valence-electron chi connectivity index (χ4n) is 2.53. The molecule has 2 rings (SSSR count). The van der Waals surface area contributed by atoms with E-state index in [2.05, 4.69) is 31.2 Å². The van der Waals surface area contributed by atoms with Gasteiger partial charge in [0.2, 0.25) is 0 Å². The van der Waals surface area contributed by atoms with Crippen LogP contribution in [0.1, 0.15) is 52.5 Å². The van der Waals surface area contributed by atoms with E-state index in [1.807, 2.05) is 32.9 Å². The number of carbonyl (C=O) groups is 1. The molecule has 0 saturated carbocycles. The van der Waals surface area contributed by atoms with Gasteiger partial charge in [-0.05, 0) is 62.4 Å². The van der Waals surface area contributed by atoms with Gasteiger partial charge in [0.15, 0.2) is 0 Å². The van der Waals surface area contributed by atoms with E-state index in [0.717, 1.165) is 17.5 Å². The Bertz CT molecular complexity index is 664. The van der Waals surface area contributed by atoms with Crippen molar-refractivity contribution in [3.05, 3.63) is 54.1 Å². The van der Waals surface area contributed by atoms with E-state index in [1.54, 1.807) is 12.1 Å². The van der Waals surface area contributed by atoms with Gasteiger partial charge in [0.05, 0.1) is 0 Å². The Balaban J connectivity index is 1.96. The number of aryl methyl sites for hydroxylation is 1. The Morgan fingerprint density at radius 2 is 1.44 bits per heavy atom. The van der Waals surface area contributed by atoms with E-state index in [0.29, 0.717) is 5.75 Å². The summed E-state index contributed by atoms with van der Waals surface area (Å²) in [6.07, 6.45) is 4.22. The quantitative estimate of drug-likeness (QED) is 0.347. The molecule has 3 nitrogen and oxygen atoms in total. The van der Waals surface area contributed by atoms with Crippen molar-refractivity contribution in [2.24, 2.45) is 0 Å². The van der Waals surface area contributed by atoms with Crippen molar-refractivity contribution in [1.29, 1.82) is 0 Å². The summed E-state index contributed by atoms with van der Waals surface area (Å²) in [6, 6.07) is 16.1. The van der Waals surface area contributed by atoms with Crippen molar-refractivity contribution in [1.82, 2.24) is 0 Å². The minimum Gasteiger partial charge on any atom is -0.428 e. The number of benzene rings is 2. The van der Waals surface area contributed by atoms with E-state index >= 15 is 0 Å². The third kappa shape index (κ3) is 6.61. The van der Waals surface area contributed by atoms with E-state index in [9.17, 15) is 4.79 Å². The van der Waals surface area contributed by atoms with Crippen LogP contribution in [-0.2, 0) is 11.2 Å². The van der Waals surface area contributed by atoms with Gasteiger partial charge in [-0.25, -0.2) is 4.79 Å². The van der Waals surface area contributed by atoms with E-state index in [-0.39, 0.29) is 0 Å². The first-order valence-electron chi connectivity index (χ1n) is 8.97. The topological polar surface area (TPSA) is 35.5 Å². The van der Waals surface area contributed by atoms with Crippen LogP contribution in [0.5, 0.6) is 5.75 Å². The average molecular weight is 340 g/mol. The van der Waals surface area contributed by atoms with Gasteiger partial charge in [-0.15, -0.1) is 0 Å². The fraction of sp³-hybridized carbons (Fsp3) is 0.409. The molecule has 3 heteroatoms. The van der Waals surface area contributed by atoms with Crippen LogP contribution in [0.15, 0.2) is 48.5 Å². The average Bonchev–Trinajstić information content (AvgIpc) is 2.55. The van der Waals surface area contributed by atoms with Crippen molar-refractivity contribution in [3.8, 4) is 16.9 Å². The first-order valence-corrected chi connectivity index (χ1v) is 8.97. The van der Waals surface area contributed by atoms with Crippen LogP contribution in [0.25, 0.3) is 11.1 Å². The zero-order valence-electron chi connectivity index (χ0n) is 15.7. The van der Waals surface area contributed by atoms with Crippen molar-refractivity contribution in [3.63, 3.8) is 0 Å². The van der Waals surface area contributed by atoms with Crippen LogP contribution < -0.4 is 4.74 Å². The summed E-state index contributed by atoms with van der Waals surface area (Å²) in [7, 11) is 0. The van der Waals surface area contributed by atoms with Crippen molar-refractivity contribution in [2.45, 2.75) is 59.0 Å². The van der Waals surface area contributed by atoms with Crippen LogP contribution in [0.2, 0.25) is 0 Å². The van der Waals surface area contributed by atoms with Gasteiger partial charge in [0, 0.05) is 0 Å². The lowest BCUT2D eigenvalue weighted by molar-refractivity contribution is 0.0206. The lowest BCUT2D eigenvalue weighted by Gasteiger charge is -2.18. The number of ether oxygens (including phenoxy) is 2. The maximum atomic E-state index is 11.7. The molecule has 0 saturated heterocycles. The number of hydrogen-bond acceptors (Lipinski definition) is 3. The van der Waals surface area contributed by atoms with Gasteiger partial charge in [-0.3, -0.25) is 0 Å². The third-order valence-electron chi connectivity index (χ3n) is 3.80. The second-order valence-corrected chi connectivity index (χ2v) is 7.24. The highest BCUT2D eigenvalue weighted by molar-refractivity contribution is 5.67. The molecule has 0 N–H and O–H groups in total. The summed E-state index contributed by atoms with van der Waals surface area (Å²) >= 11 is 0. The molecule has 134 valence electrons. The fourth-order valence-corrected chi connectivity index (χ4v) is 2.53. The molecular formula is C22H28O3. The second kappa shape index (κ2) is 8.70. The summed E-state index contributed by atoms with van der Waals surface area (Å²) in [6.45, 7) is 7.65. The zero-order valence-corrected chi connectivity index (χ0v) is 15.7. The maximum Gasteiger partial charge on any atom is 0.514 e. The van der Waals surface area contributed by atoms with Gasteiger partial charge in [0.1, 0.15) is 11.4 Å². The standard InChI is InChI=1S/C22H28O3/c1-5-6-7-8-17-9-11-18(12-10-17)19-13-15-20(16-14-19)24-21(23)25-22(2,3)4/h9-16H,5-8H2,1-4H3. The Kier molecular flexibility index (Phi) is 6.63. The van der Waals surface area contributed by atoms with Gasteiger partial charge in [-0.1, -0.05) is 56.2 Å². The first-order chi connectivity index (χ1) is 11.9. The van der Waals surface area contributed by atoms with Crippen molar-refractivity contribution in [2.75, 3.05) is 0 Å². The molecule has 0 spiro atoms. The molecule has 2 aromatic carbocycles. The second-order valence-electron chi connectivity index (χ2n) is 7.24. The normalized spacial score (nSPS) is 11.2. The van der Waals surface area contributed by atoms with E-state index in [4.69, 9.17) is 9.47 Å². The highest BCUT2D eigenvalue weighted by Crippen LogP contribution is 2.24. The molecule has 0 aliphatic carbocycles. The minimum atomic E-state index is -0.684. The van der Waals surface area contributed by atoms with Crippen LogP contribution in [-0.4, -0.2) is 11.8 Å². The monoisotopic (exact) mass is 340 g/mol. The molecule has 0 amide bonds. The number of carbonyl (C=O) groups excluding carboxylic acids is 1. The molecule has 2 aromatic rings. The summed E-state index contributed by atoms with van der Waals surface area (Å²) in [5.74, 6) is 0.481. The van der Waals surface area contributed by atoms with Crippen LogP contribution in [0, 0.1) is 0 Å². The summed E-state index contributed by atoms with van der Waals surface area (Å²) in [5.41, 5.74) is 3.07. The Hall–Kier alpha value is -2.29. The van der Waals surface area contributed by atoms with E-state index < -0.39 is 11.8 Å². The maximum absolute atomic E-state index is 11.7.